The first-order valence-electron chi connectivity index (χ1n) is 16.3. The van der Waals surface area contributed by atoms with Crippen LogP contribution in [-0.4, -0.2) is 81.5 Å². The molecule has 2 heterocycles. The van der Waals surface area contributed by atoms with E-state index in [-0.39, 0.29) is 48.6 Å². The highest BCUT2D eigenvalue weighted by Gasteiger charge is 2.28. The molecule has 2 aromatic carbocycles. The van der Waals surface area contributed by atoms with Crippen LogP contribution in [-0.2, 0) is 38.3 Å². The summed E-state index contributed by atoms with van der Waals surface area (Å²) in [6.07, 6.45) is 5.40. The third-order valence-corrected chi connectivity index (χ3v) is 8.56. The Kier molecular flexibility index (Phi) is 13.0. The molecule has 0 aliphatic carbocycles. The number of halogens is 1. The maximum absolute atomic E-state index is 15.5. The molecular formula is C35H50FN3O5. The number of rotatable bonds is 14. The van der Waals surface area contributed by atoms with Crippen molar-refractivity contribution in [1.29, 1.82) is 0 Å². The van der Waals surface area contributed by atoms with Crippen molar-refractivity contribution in [2.75, 3.05) is 46.6 Å². The second-order valence-corrected chi connectivity index (χ2v) is 12.2. The van der Waals surface area contributed by atoms with Crippen LogP contribution in [0.1, 0.15) is 69.6 Å². The van der Waals surface area contributed by atoms with Crippen LogP contribution >= 0.6 is 0 Å². The summed E-state index contributed by atoms with van der Waals surface area (Å²) >= 11 is 0. The number of nitrogens with one attached hydrogen (secondary N) is 2. The molecule has 2 amide bonds. The van der Waals surface area contributed by atoms with Gasteiger partial charge in [-0.3, -0.25) is 9.59 Å². The standard InChI is InChI=1S/C35H50FN3O5/c1-5-26-20-31(30-18-25(9-10-32(30)36)19-34(40)38-28-11-16-43-17-12-28)33(44-15-7-14-42-4)21-27(26)22-35(41)39(24(2)3)29-8-6-13-37-23-29/h9-10,18,20-21,24,28-29,37H,5-8,11-17,19,22-23H2,1-4H3,(H,38,40)/t29-/m1/s1. The summed E-state index contributed by atoms with van der Waals surface area (Å²) in [5.41, 5.74) is 3.60. The quantitative estimate of drug-likeness (QED) is 0.298. The molecule has 0 spiro atoms. The number of ether oxygens (including phenoxy) is 3. The first kappa shape index (κ1) is 33.9. The lowest BCUT2D eigenvalue weighted by Gasteiger charge is -2.38. The Morgan fingerprint density at radius 1 is 1.07 bits per heavy atom. The van der Waals surface area contributed by atoms with Crippen LogP contribution in [0.5, 0.6) is 5.75 Å². The maximum Gasteiger partial charge on any atom is 0.227 e. The van der Waals surface area contributed by atoms with E-state index in [0.717, 1.165) is 55.5 Å². The van der Waals surface area contributed by atoms with Crippen molar-refractivity contribution in [1.82, 2.24) is 15.5 Å². The Hall–Kier alpha value is -3.01. The van der Waals surface area contributed by atoms with Crippen molar-refractivity contribution in [3.05, 3.63) is 52.8 Å². The molecule has 0 bridgehead atoms. The minimum absolute atomic E-state index is 0.0852. The van der Waals surface area contributed by atoms with Gasteiger partial charge in [-0.2, -0.15) is 0 Å². The number of nitrogens with zero attached hydrogens (tertiary/aromatic N) is 1. The minimum Gasteiger partial charge on any atom is -0.493 e. The molecule has 0 aromatic heterocycles. The Morgan fingerprint density at radius 2 is 1.86 bits per heavy atom. The van der Waals surface area contributed by atoms with Crippen molar-refractivity contribution in [2.24, 2.45) is 0 Å². The summed E-state index contributed by atoms with van der Waals surface area (Å²) < 4.78 is 32.3. The molecule has 4 rings (SSSR count). The number of carbonyl (C=O) groups excluding carboxylic acids is 2. The van der Waals surface area contributed by atoms with Gasteiger partial charge in [0.15, 0.2) is 0 Å². The van der Waals surface area contributed by atoms with Gasteiger partial charge >= 0.3 is 0 Å². The van der Waals surface area contributed by atoms with Crippen LogP contribution in [0.25, 0.3) is 11.1 Å². The van der Waals surface area contributed by atoms with Gasteiger partial charge in [-0.15, -0.1) is 0 Å². The third-order valence-electron chi connectivity index (χ3n) is 8.56. The van der Waals surface area contributed by atoms with Crippen molar-refractivity contribution in [2.45, 2.75) is 90.3 Å². The monoisotopic (exact) mass is 611 g/mol. The number of hydrogen-bond donors (Lipinski definition) is 2. The fourth-order valence-corrected chi connectivity index (χ4v) is 6.31. The molecular weight excluding hydrogens is 561 g/mol. The second kappa shape index (κ2) is 16.9. The number of hydrogen-bond acceptors (Lipinski definition) is 6. The lowest BCUT2D eigenvalue weighted by Crippen LogP contribution is -2.52. The molecule has 9 heteroatoms. The zero-order valence-corrected chi connectivity index (χ0v) is 26.9. The fourth-order valence-electron chi connectivity index (χ4n) is 6.31. The Labute approximate surface area is 262 Å². The predicted molar refractivity (Wildman–Crippen MR) is 170 cm³/mol. The van der Waals surface area contributed by atoms with Crippen molar-refractivity contribution < 1.29 is 28.2 Å². The lowest BCUT2D eigenvalue weighted by molar-refractivity contribution is -0.135. The van der Waals surface area contributed by atoms with E-state index in [9.17, 15) is 9.59 Å². The first-order chi connectivity index (χ1) is 21.3. The molecule has 0 unspecified atom stereocenters. The molecule has 44 heavy (non-hydrogen) atoms. The summed E-state index contributed by atoms with van der Waals surface area (Å²) in [7, 11) is 1.65. The number of amides is 2. The summed E-state index contributed by atoms with van der Waals surface area (Å²) in [6, 6.07) is 9.07. The van der Waals surface area contributed by atoms with E-state index in [1.165, 1.54) is 6.07 Å². The minimum atomic E-state index is -0.387. The van der Waals surface area contributed by atoms with Crippen LogP contribution < -0.4 is 15.4 Å². The van der Waals surface area contributed by atoms with E-state index in [2.05, 4.69) is 24.5 Å². The van der Waals surface area contributed by atoms with Gasteiger partial charge < -0.3 is 29.7 Å². The van der Waals surface area contributed by atoms with Crippen LogP contribution in [0.4, 0.5) is 4.39 Å². The summed E-state index contributed by atoms with van der Waals surface area (Å²) in [5, 5.41) is 6.52. The van der Waals surface area contributed by atoms with Gasteiger partial charge in [0.1, 0.15) is 11.6 Å². The molecule has 0 radical (unpaired) electrons. The van der Waals surface area contributed by atoms with Gasteiger partial charge in [0, 0.05) is 69.1 Å². The number of piperidine rings is 1. The average molecular weight is 612 g/mol. The lowest BCUT2D eigenvalue weighted by atomic mass is 9.92. The average Bonchev–Trinajstić information content (AvgIpc) is 3.01. The summed E-state index contributed by atoms with van der Waals surface area (Å²) in [4.78, 5) is 28.6. The van der Waals surface area contributed by atoms with Crippen LogP contribution in [0.3, 0.4) is 0 Å². The van der Waals surface area contributed by atoms with Crippen molar-refractivity contribution >= 4 is 11.8 Å². The topological polar surface area (TPSA) is 89.1 Å². The number of carbonyl (C=O) groups is 2. The first-order valence-corrected chi connectivity index (χ1v) is 16.3. The van der Waals surface area contributed by atoms with Crippen LogP contribution in [0.2, 0.25) is 0 Å². The van der Waals surface area contributed by atoms with E-state index < -0.39 is 0 Å². The van der Waals surface area contributed by atoms with Crippen LogP contribution in [0.15, 0.2) is 30.3 Å². The van der Waals surface area contributed by atoms with E-state index >= 15 is 4.39 Å². The van der Waals surface area contributed by atoms with Crippen molar-refractivity contribution in [3.8, 4) is 16.9 Å². The smallest absolute Gasteiger partial charge is 0.227 e. The molecule has 2 saturated heterocycles. The SMILES string of the molecule is CCc1cc(-c2cc(CC(=O)NC3CCOCC3)ccc2F)c(OCCCOC)cc1CC(=O)N(C(C)C)[C@@H]1CCCNC1. The van der Waals surface area contributed by atoms with E-state index in [1.54, 1.807) is 19.2 Å². The van der Waals surface area contributed by atoms with Gasteiger partial charge in [0.25, 0.3) is 0 Å². The Morgan fingerprint density at radius 3 is 2.55 bits per heavy atom. The van der Waals surface area contributed by atoms with Gasteiger partial charge in [0.05, 0.1) is 19.4 Å². The number of benzene rings is 2. The molecule has 2 aliphatic heterocycles. The van der Waals surface area contributed by atoms with Crippen LogP contribution in [0, 0.1) is 5.82 Å². The number of methoxy groups -OCH3 is 1. The largest absolute Gasteiger partial charge is 0.493 e. The third kappa shape index (κ3) is 9.25. The predicted octanol–water partition coefficient (Wildman–Crippen LogP) is 4.84. The molecule has 2 aliphatic rings. The molecule has 1 atom stereocenters. The Bertz CT molecular complexity index is 1240. The zero-order valence-electron chi connectivity index (χ0n) is 26.9. The molecule has 8 nitrogen and oxygen atoms in total. The van der Waals surface area contributed by atoms with Gasteiger partial charge in [-0.1, -0.05) is 13.0 Å². The Balaban J connectivity index is 1.62. The fraction of sp³-hybridized carbons (Fsp3) is 0.600. The van der Waals surface area contributed by atoms with Gasteiger partial charge in [-0.25, -0.2) is 4.39 Å². The number of aryl methyl sites for hydroxylation is 1. The summed E-state index contributed by atoms with van der Waals surface area (Å²) in [6.45, 7) is 10.2. The highest BCUT2D eigenvalue weighted by molar-refractivity contribution is 5.82. The zero-order chi connectivity index (χ0) is 31.5. The normalized spacial score (nSPS) is 17.5. The van der Waals surface area contributed by atoms with Gasteiger partial charge in [0.2, 0.25) is 11.8 Å². The summed E-state index contributed by atoms with van der Waals surface area (Å²) in [5.74, 6) is 0.142. The van der Waals surface area contributed by atoms with E-state index in [0.29, 0.717) is 56.1 Å². The van der Waals surface area contributed by atoms with Crippen molar-refractivity contribution in [3.63, 3.8) is 0 Å². The highest BCUT2D eigenvalue weighted by atomic mass is 19.1. The maximum atomic E-state index is 15.5. The van der Waals surface area contributed by atoms with Gasteiger partial charge in [-0.05, 0) is 93.5 Å². The highest BCUT2D eigenvalue weighted by Crippen LogP contribution is 2.36. The van der Waals surface area contributed by atoms with E-state index in [4.69, 9.17) is 14.2 Å². The molecule has 2 aromatic rings. The molecule has 2 N–H and O–H groups in total. The second-order valence-electron chi connectivity index (χ2n) is 12.2. The van der Waals surface area contributed by atoms with E-state index in [1.807, 2.05) is 24.0 Å². The molecule has 242 valence electrons. The molecule has 2 fully saturated rings. The molecule has 0 saturated carbocycles.